The summed E-state index contributed by atoms with van der Waals surface area (Å²) >= 11 is 5.81. The third-order valence-corrected chi connectivity index (χ3v) is 6.58. The van der Waals surface area contributed by atoms with Gasteiger partial charge < -0.3 is 20.0 Å². The predicted octanol–water partition coefficient (Wildman–Crippen LogP) is 6.02. The van der Waals surface area contributed by atoms with Crippen LogP contribution in [-0.2, 0) is 0 Å². The molecule has 1 aromatic heterocycles. The summed E-state index contributed by atoms with van der Waals surface area (Å²) in [5.74, 6) is 1.38. The number of rotatable bonds is 6. The fourth-order valence-electron chi connectivity index (χ4n) is 3.65. The van der Waals surface area contributed by atoms with Gasteiger partial charge in [0.15, 0.2) is 0 Å². The molecule has 35 heavy (non-hydrogen) atoms. The van der Waals surface area contributed by atoms with Crippen molar-refractivity contribution in [1.82, 2.24) is 9.97 Å². The minimum absolute atomic E-state index is 0.0105. The van der Waals surface area contributed by atoms with Crippen LogP contribution in [-0.4, -0.2) is 55.8 Å². The zero-order valence-electron chi connectivity index (χ0n) is 19.0. The summed E-state index contributed by atoms with van der Waals surface area (Å²) in [4.78, 5) is 15.0. The first-order valence-electron chi connectivity index (χ1n) is 10.7. The molecule has 12 heteroatoms. The minimum Gasteiger partial charge on any atom is -0.366 e. The Balaban J connectivity index is 1.52. The highest BCUT2D eigenvalue weighted by molar-refractivity contribution is 8.00. The van der Waals surface area contributed by atoms with Crippen LogP contribution < -0.4 is 20.0 Å². The van der Waals surface area contributed by atoms with E-state index in [0.717, 1.165) is 0 Å². The van der Waals surface area contributed by atoms with Crippen molar-refractivity contribution in [3.8, 4) is 0 Å². The van der Waals surface area contributed by atoms with Crippen LogP contribution in [0.15, 0.2) is 53.4 Å². The van der Waals surface area contributed by atoms with E-state index in [1.807, 2.05) is 34.9 Å². The number of hydrogen-bond acceptors (Lipinski definition) is 7. The van der Waals surface area contributed by atoms with E-state index in [9.17, 15) is 17.6 Å². The molecule has 3 aromatic rings. The number of alkyl halides is 3. The first-order valence-corrected chi connectivity index (χ1v) is 11.9. The van der Waals surface area contributed by atoms with Crippen LogP contribution >= 0.6 is 23.4 Å². The molecule has 1 saturated heterocycles. The van der Waals surface area contributed by atoms with E-state index in [0.29, 0.717) is 55.1 Å². The average molecular weight is 527 g/mol. The molecule has 4 rings (SSSR count). The van der Waals surface area contributed by atoms with Crippen LogP contribution in [0.25, 0.3) is 0 Å². The van der Waals surface area contributed by atoms with Gasteiger partial charge in [0, 0.05) is 56.9 Å². The van der Waals surface area contributed by atoms with Gasteiger partial charge in [-0.25, -0.2) is 4.39 Å². The third-order valence-electron chi connectivity index (χ3n) is 5.34. The Morgan fingerprint density at radius 1 is 0.971 bits per heavy atom. The van der Waals surface area contributed by atoms with Gasteiger partial charge in [-0.3, -0.25) is 0 Å². The van der Waals surface area contributed by atoms with Crippen molar-refractivity contribution in [3.05, 3.63) is 59.4 Å². The van der Waals surface area contributed by atoms with E-state index in [4.69, 9.17) is 11.6 Å². The number of nitrogens with zero attached hydrogens (tertiary/aromatic N) is 5. The van der Waals surface area contributed by atoms with Crippen LogP contribution in [0, 0.1) is 5.82 Å². The highest BCUT2D eigenvalue weighted by Gasteiger charge is 2.30. The Morgan fingerprint density at radius 2 is 1.66 bits per heavy atom. The van der Waals surface area contributed by atoms with Crippen LogP contribution in [0.4, 0.5) is 46.5 Å². The van der Waals surface area contributed by atoms with E-state index < -0.39 is 5.51 Å². The summed E-state index contributed by atoms with van der Waals surface area (Å²) in [6, 6.07) is 12.7. The van der Waals surface area contributed by atoms with Crippen molar-refractivity contribution in [2.75, 3.05) is 60.3 Å². The van der Waals surface area contributed by atoms with Gasteiger partial charge in [-0.2, -0.15) is 23.1 Å². The molecule has 0 aliphatic carbocycles. The molecule has 1 fully saturated rings. The fraction of sp³-hybridized carbons (Fsp3) is 0.304. The fourth-order valence-corrected chi connectivity index (χ4v) is 4.48. The monoisotopic (exact) mass is 526 g/mol. The summed E-state index contributed by atoms with van der Waals surface area (Å²) in [7, 11) is 3.71. The average Bonchev–Trinajstić information content (AvgIpc) is 2.80. The molecule has 0 bridgehead atoms. The van der Waals surface area contributed by atoms with Crippen LogP contribution in [0.2, 0.25) is 5.02 Å². The lowest BCUT2D eigenvalue weighted by atomic mass is 10.2. The largest absolute Gasteiger partial charge is 0.446 e. The SMILES string of the molecule is CN(C)c1cc(Nc2ccc(SC(F)(F)F)c(Cl)c2)nc(N2CCN(c3ccccc3F)CC2)n1. The van der Waals surface area contributed by atoms with Gasteiger partial charge in [-0.15, -0.1) is 0 Å². The van der Waals surface area contributed by atoms with E-state index >= 15 is 0 Å². The van der Waals surface area contributed by atoms with E-state index in [1.165, 1.54) is 24.3 Å². The van der Waals surface area contributed by atoms with Gasteiger partial charge in [0.05, 0.1) is 10.7 Å². The van der Waals surface area contributed by atoms with Crippen LogP contribution in [0.1, 0.15) is 0 Å². The Hall–Kier alpha value is -2.92. The van der Waals surface area contributed by atoms with Crippen molar-refractivity contribution in [2.24, 2.45) is 0 Å². The van der Waals surface area contributed by atoms with E-state index in [1.54, 1.807) is 18.2 Å². The zero-order valence-corrected chi connectivity index (χ0v) is 20.6. The molecule has 0 amide bonds. The second kappa shape index (κ2) is 10.4. The number of halogens is 5. The Kier molecular flexibility index (Phi) is 7.46. The van der Waals surface area contributed by atoms with Gasteiger partial charge in [0.2, 0.25) is 5.95 Å². The second-order valence-electron chi connectivity index (χ2n) is 8.05. The molecule has 1 aliphatic heterocycles. The maximum absolute atomic E-state index is 14.2. The van der Waals surface area contributed by atoms with Crippen LogP contribution in [0.5, 0.6) is 0 Å². The number of nitrogens with one attached hydrogen (secondary N) is 1. The number of thioether (sulfide) groups is 1. The number of para-hydroxylation sites is 1. The minimum atomic E-state index is -4.42. The summed E-state index contributed by atoms with van der Waals surface area (Å²) in [6.07, 6.45) is 0. The highest BCUT2D eigenvalue weighted by atomic mass is 35.5. The van der Waals surface area contributed by atoms with Gasteiger partial charge >= 0.3 is 5.51 Å². The molecule has 0 atom stereocenters. The van der Waals surface area contributed by atoms with Crippen molar-refractivity contribution in [1.29, 1.82) is 0 Å². The topological polar surface area (TPSA) is 47.5 Å². The third kappa shape index (κ3) is 6.40. The molecular weight excluding hydrogens is 504 g/mol. The molecule has 0 saturated carbocycles. The quantitative estimate of drug-likeness (QED) is 0.311. The number of piperazine rings is 1. The first-order chi connectivity index (χ1) is 16.6. The summed E-state index contributed by atoms with van der Waals surface area (Å²) in [5, 5.41) is 3.10. The summed E-state index contributed by atoms with van der Waals surface area (Å²) in [5.41, 5.74) is -3.35. The molecular formula is C23H23ClF4N6S. The van der Waals surface area contributed by atoms with Crippen molar-refractivity contribution in [3.63, 3.8) is 0 Å². The van der Waals surface area contributed by atoms with Crippen molar-refractivity contribution < 1.29 is 17.6 Å². The van der Waals surface area contributed by atoms with Gasteiger partial charge in [-0.05, 0) is 42.1 Å². The molecule has 2 heterocycles. The van der Waals surface area contributed by atoms with Gasteiger partial charge in [-0.1, -0.05) is 23.7 Å². The normalized spacial score (nSPS) is 14.3. The van der Waals surface area contributed by atoms with Gasteiger partial charge in [0.25, 0.3) is 0 Å². The Morgan fingerprint density at radius 3 is 2.29 bits per heavy atom. The molecule has 0 spiro atoms. The lowest BCUT2D eigenvalue weighted by Gasteiger charge is -2.36. The van der Waals surface area contributed by atoms with E-state index in [2.05, 4.69) is 15.3 Å². The molecule has 0 unspecified atom stereocenters. The number of anilines is 5. The smallest absolute Gasteiger partial charge is 0.366 e. The van der Waals surface area contributed by atoms with Crippen molar-refractivity contribution in [2.45, 2.75) is 10.4 Å². The maximum atomic E-state index is 14.2. The second-order valence-corrected chi connectivity index (χ2v) is 9.56. The highest BCUT2D eigenvalue weighted by Crippen LogP contribution is 2.41. The molecule has 0 radical (unpaired) electrons. The number of benzene rings is 2. The lowest BCUT2D eigenvalue weighted by Crippen LogP contribution is -2.47. The summed E-state index contributed by atoms with van der Waals surface area (Å²) in [6.45, 7) is 2.40. The number of hydrogen-bond donors (Lipinski definition) is 1. The molecule has 1 aliphatic rings. The molecule has 6 nitrogen and oxygen atoms in total. The lowest BCUT2D eigenvalue weighted by molar-refractivity contribution is -0.0328. The van der Waals surface area contributed by atoms with Crippen LogP contribution in [0.3, 0.4) is 0 Å². The molecule has 2 aromatic carbocycles. The molecule has 186 valence electrons. The Labute approximate surface area is 209 Å². The van der Waals surface area contributed by atoms with Gasteiger partial charge in [0.1, 0.15) is 17.5 Å². The Bertz CT molecular complexity index is 1180. The van der Waals surface area contributed by atoms with Crippen molar-refractivity contribution >= 4 is 52.3 Å². The molecule has 1 N–H and O–H groups in total. The summed E-state index contributed by atoms with van der Waals surface area (Å²) < 4.78 is 52.2. The number of aromatic nitrogens is 2. The predicted molar refractivity (Wildman–Crippen MR) is 134 cm³/mol. The van der Waals surface area contributed by atoms with E-state index in [-0.39, 0.29) is 27.5 Å². The zero-order chi connectivity index (χ0) is 25.2. The maximum Gasteiger partial charge on any atom is 0.446 e. The standard InChI is InChI=1S/C23H23ClF4N6S/c1-32(2)21-14-20(29-15-7-8-19(16(24)13-15)35-23(26,27)28)30-22(31-21)34-11-9-33(10-12-34)18-6-4-3-5-17(18)25/h3-8,13-14H,9-12H2,1-2H3,(H,29,30,31). The first kappa shape index (κ1) is 25.2.